The normalized spacial score (nSPS) is 6.71. The Morgan fingerprint density at radius 3 is 1.21 bits per heavy atom. The monoisotopic (exact) mass is 206 g/mol. The Morgan fingerprint density at radius 1 is 0.857 bits per heavy atom. The fraction of sp³-hybridized carbons (Fsp3) is 0.917. The van der Waals surface area contributed by atoms with Crippen LogP contribution in [-0.2, 0) is 9.53 Å². The highest BCUT2D eigenvalue weighted by molar-refractivity contribution is 5.10. The summed E-state index contributed by atoms with van der Waals surface area (Å²) in [5, 5.41) is 0. The predicted octanol–water partition coefficient (Wildman–Crippen LogP) is 4.08. The molecule has 0 saturated heterocycles. The number of unbranched alkanes of at least 4 members (excludes halogenated alkanes) is 4. The first-order valence-corrected chi connectivity index (χ1v) is 5.52. The van der Waals surface area contributed by atoms with E-state index in [1.54, 1.807) is 14.2 Å². The standard InChI is InChI=1S/C7H16.C2H6O.C2H6.CH2O/c1-3-5-7-6-4-2;1-3-2;2*1-2/h3-7H2,1-2H3;1-2H3;1-2H3;1H2. The maximum absolute atomic E-state index is 8.00. The molecule has 0 heterocycles. The Balaban J connectivity index is -0.0000000603. The molecule has 0 fully saturated rings. The van der Waals surface area contributed by atoms with Crippen molar-refractivity contribution in [3.63, 3.8) is 0 Å². The minimum Gasteiger partial charge on any atom is -0.388 e. The van der Waals surface area contributed by atoms with E-state index in [2.05, 4.69) is 18.6 Å². The minimum atomic E-state index is 1.36. The molecule has 0 atom stereocenters. The molecule has 2 heteroatoms. The second-order valence-electron chi connectivity index (χ2n) is 2.47. The fourth-order valence-corrected chi connectivity index (χ4v) is 0.677. The van der Waals surface area contributed by atoms with Crippen molar-refractivity contribution in [2.45, 2.75) is 59.8 Å². The molecular weight excluding hydrogens is 176 g/mol. The van der Waals surface area contributed by atoms with Crippen LogP contribution in [0.2, 0.25) is 0 Å². The van der Waals surface area contributed by atoms with Crippen LogP contribution in [0.3, 0.4) is 0 Å². The van der Waals surface area contributed by atoms with Gasteiger partial charge in [0.15, 0.2) is 0 Å². The SMILES string of the molecule is C=O.CC.CCCCCCC.COC. The van der Waals surface area contributed by atoms with E-state index in [0.29, 0.717) is 0 Å². The van der Waals surface area contributed by atoms with E-state index in [0.717, 1.165) is 0 Å². The van der Waals surface area contributed by atoms with Gasteiger partial charge in [-0.25, -0.2) is 0 Å². The van der Waals surface area contributed by atoms with Gasteiger partial charge in [-0.3, -0.25) is 0 Å². The van der Waals surface area contributed by atoms with Crippen molar-refractivity contribution < 1.29 is 9.53 Å². The lowest BCUT2D eigenvalue weighted by molar-refractivity contribution is -0.0979. The first-order valence-electron chi connectivity index (χ1n) is 5.52. The number of rotatable bonds is 4. The van der Waals surface area contributed by atoms with Crippen LogP contribution in [0.1, 0.15) is 59.8 Å². The van der Waals surface area contributed by atoms with Crippen LogP contribution in [0.4, 0.5) is 0 Å². The van der Waals surface area contributed by atoms with Gasteiger partial charge in [0.25, 0.3) is 0 Å². The number of methoxy groups -OCH3 is 1. The van der Waals surface area contributed by atoms with Crippen molar-refractivity contribution in [2.24, 2.45) is 0 Å². The Labute approximate surface area is 91.0 Å². The molecule has 90 valence electrons. The van der Waals surface area contributed by atoms with E-state index in [4.69, 9.17) is 4.79 Å². The van der Waals surface area contributed by atoms with Crippen molar-refractivity contribution in [3.8, 4) is 0 Å². The minimum absolute atomic E-state index is 1.36. The third kappa shape index (κ3) is 99.7. The molecule has 2 nitrogen and oxygen atoms in total. The van der Waals surface area contributed by atoms with Crippen molar-refractivity contribution in [3.05, 3.63) is 0 Å². The van der Waals surface area contributed by atoms with Gasteiger partial charge in [0, 0.05) is 14.2 Å². The summed E-state index contributed by atoms with van der Waals surface area (Å²) >= 11 is 0. The highest BCUT2D eigenvalue weighted by Crippen LogP contribution is 2.00. The predicted molar refractivity (Wildman–Crippen MR) is 65.8 cm³/mol. The second kappa shape index (κ2) is 53.9. The zero-order valence-electron chi connectivity index (χ0n) is 11.1. The summed E-state index contributed by atoms with van der Waals surface area (Å²) in [5.74, 6) is 0. The highest BCUT2D eigenvalue weighted by Gasteiger charge is 1.80. The zero-order chi connectivity index (χ0) is 12.2. The summed E-state index contributed by atoms with van der Waals surface area (Å²) in [7, 11) is 3.25. The molecule has 0 aromatic rings. The molecular formula is C12H30O2. The number of hydrogen-bond acceptors (Lipinski definition) is 2. The van der Waals surface area contributed by atoms with E-state index in [1.807, 2.05) is 20.6 Å². The fourth-order valence-electron chi connectivity index (χ4n) is 0.677. The first-order chi connectivity index (χ1) is 6.83. The lowest BCUT2D eigenvalue weighted by Gasteiger charge is -1.90. The second-order valence-corrected chi connectivity index (χ2v) is 2.47. The average molecular weight is 206 g/mol. The van der Waals surface area contributed by atoms with Crippen LogP contribution < -0.4 is 0 Å². The van der Waals surface area contributed by atoms with Gasteiger partial charge in [0.1, 0.15) is 6.79 Å². The summed E-state index contributed by atoms with van der Waals surface area (Å²) in [6.45, 7) is 10.5. The van der Waals surface area contributed by atoms with Crippen molar-refractivity contribution in [1.29, 1.82) is 0 Å². The van der Waals surface area contributed by atoms with Gasteiger partial charge in [-0.05, 0) is 0 Å². The molecule has 0 amide bonds. The zero-order valence-corrected chi connectivity index (χ0v) is 11.1. The quantitative estimate of drug-likeness (QED) is 0.648. The number of carbonyl (C=O) groups is 1. The van der Waals surface area contributed by atoms with Crippen LogP contribution in [0.5, 0.6) is 0 Å². The Hall–Kier alpha value is -0.370. The smallest absolute Gasteiger partial charge is 0.106 e. The first kappa shape index (κ1) is 23.4. The molecule has 0 rings (SSSR count). The van der Waals surface area contributed by atoms with Crippen LogP contribution >= 0.6 is 0 Å². The summed E-state index contributed by atoms with van der Waals surface area (Å²) < 4.78 is 4.25. The number of hydrogen-bond donors (Lipinski definition) is 0. The maximum atomic E-state index is 8.00. The molecule has 0 spiro atoms. The molecule has 0 unspecified atom stereocenters. The largest absolute Gasteiger partial charge is 0.388 e. The average Bonchev–Trinajstić information content (AvgIpc) is 2.26. The Morgan fingerprint density at radius 2 is 1.07 bits per heavy atom. The molecule has 0 aromatic heterocycles. The van der Waals surface area contributed by atoms with Gasteiger partial charge in [-0.2, -0.15) is 0 Å². The molecule has 0 bridgehead atoms. The number of carbonyl (C=O) groups excluding carboxylic acids is 1. The summed E-state index contributed by atoms with van der Waals surface area (Å²) in [4.78, 5) is 8.00. The molecule has 0 aliphatic carbocycles. The summed E-state index contributed by atoms with van der Waals surface area (Å²) in [5.41, 5.74) is 0. The van der Waals surface area contributed by atoms with E-state index in [1.165, 1.54) is 32.1 Å². The summed E-state index contributed by atoms with van der Waals surface area (Å²) in [6, 6.07) is 0. The third-order valence-corrected chi connectivity index (χ3v) is 1.21. The van der Waals surface area contributed by atoms with Crippen LogP contribution in [0.25, 0.3) is 0 Å². The molecule has 0 aromatic carbocycles. The van der Waals surface area contributed by atoms with Gasteiger partial charge >= 0.3 is 0 Å². The van der Waals surface area contributed by atoms with Gasteiger partial charge in [0.05, 0.1) is 0 Å². The molecule has 0 aliphatic rings. The van der Waals surface area contributed by atoms with Gasteiger partial charge in [-0.1, -0.05) is 59.8 Å². The van der Waals surface area contributed by atoms with E-state index in [9.17, 15) is 0 Å². The lowest BCUT2D eigenvalue weighted by Crippen LogP contribution is -1.70. The van der Waals surface area contributed by atoms with Crippen molar-refractivity contribution in [2.75, 3.05) is 14.2 Å². The van der Waals surface area contributed by atoms with Gasteiger partial charge in [-0.15, -0.1) is 0 Å². The number of ether oxygens (including phenoxy) is 1. The van der Waals surface area contributed by atoms with Crippen LogP contribution in [0.15, 0.2) is 0 Å². The Bertz CT molecular complexity index is 43.6. The third-order valence-electron chi connectivity index (χ3n) is 1.21. The Kier molecular flexibility index (Phi) is 90.3. The van der Waals surface area contributed by atoms with E-state index < -0.39 is 0 Å². The molecule has 14 heavy (non-hydrogen) atoms. The molecule has 0 radical (unpaired) electrons. The van der Waals surface area contributed by atoms with E-state index in [-0.39, 0.29) is 0 Å². The maximum Gasteiger partial charge on any atom is 0.106 e. The molecule has 0 saturated carbocycles. The van der Waals surface area contributed by atoms with Crippen molar-refractivity contribution >= 4 is 6.79 Å². The molecule has 0 N–H and O–H groups in total. The highest BCUT2D eigenvalue weighted by atomic mass is 16.4. The van der Waals surface area contributed by atoms with Crippen LogP contribution in [-0.4, -0.2) is 21.0 Å². The summed E-state index contributed by atoms with van der Waals surface area (Å²) in [6.07, 6.45) is 7.01. The van der Waals surface area contributed by atoms with E-state index >= 15 is 0 Å². The van der Waals surface area contributed by atoms with Crippen LogP contribution in [0, 0.1) is 0 Å². The van der Waals surface area contributed by atoms with Gasteiger partial charge < -0.3 is 9.53 Å². The molecule has 0 aliphatic heterocycles. The topological polar surface area (TPSA) is 26.3 Å². The lowest BCUT2D eigenvalue weighted by atomic mass is 10.2. The van der Waals surface area contributed by atoms with Crippen molar-refractivity contribution in [1.82, 2.24) is 0 Å². The van der Waals surface area contributed by atoms with Gasteiger partial charge in [0.2, 0.25) is 0 Å².